The van der Waals surface area contributed by atoms with Crippen LogP contribution in [0, 0.1) is 5.92 Å². The van der Waals surface area contributed by atoms with Crippen LogP contribution in [0.5, 0.6) is 0 Å². The largest absolute Gasteiger partial charge is 0.307 e. The first kappa shape index (κ1) is 15.5. The molecular weight excluding hydrogens is 242 g/mol. The summed E-state index contributed by atoms with van der Waals surface area (Å²) in [4.78, 5) is 0. The van der Waals surface area contributed by atoms with Crippen molar-refractivity contribution < 1.29 is 0 Å². The molecule has 1 N–H and O–H groups in total. The SMILES string of the molecule is CCCC(CC)NC(c1ccc(Cl)cc1)C(C)C. The second-order valence-electron chi connectivity index (χ2n) is 5.33. The molecule has 0 saturated carbocycles. The molecule has 2 atom stereocenters. The molecule has 0 aliphatic carbocycles. The van der Waals surface area contributed by atoms with E-state index in [1.807, 2.05) is 12.1 Å². The third kappa shape index (κ3) is 4.62. The predicted octanol–water partition coefficient (Wildman–Crippen LogP) is 5.21. The first-order valence-corrected chi connectivity index (χ1v) is 7.47. The Bertz CT molecular complexity index is 331. The van der Waals surface area contributed by atoms with Gasteiger partial charge in [-0.15, -0.1) is 0 Å². The van der Waals surface area contributed by atoms with Crippen LogP contribution in [0.1, 0.15) is 58.6 Å². The van der Waals surface area contributed by atoms with E-state index in [1.165, 1.54) is 24.8 Å². The molecule has 0 bridgehead atoms. The Morgan fingerprint density at radius 3 is 2.17 bits per heavy atom. The van der Waals surface area contributed by atoms with Gasteiger partial charge in [0, 0.05) is 17.1 Å². The second-order valence-corrected chi connectivity index (χ2v) is 5.77. The molecule has 0 heterocycles. The van der Waals surface area contributed by atoms with Gasteiger partial charge >= 0.3 is 0 Å². The van der Waals surface area contributed by atoms with E-state index in [9.17, 15) is 0 Å². The number of hydrogen-bond donors (Lipinski definition) is 1. The van der Waals surface area contributed by atoms with Crippen molar-refractivity contribution in [2.24, 2.45) is 5.92 Å². The molecule has 0 radical (unpaired) electrons. The predicted molar refractivity (Wildman–Crippen MR) is 81.2 cm³/mol. The first-order valence-electron chi connectivity index (χ1n) is 7.10. The maximum atomic E-state index is 5.96. The quantitative estimate of drug-likeness (QED) is 0.715. The number of hydrogen-bond acceptors (Lipinski definition) is 1. The molecule has 0 amide bonds. The summed E-state index contributed by atoms with van der Waals surface area (Å²) in [7, 11) is 0. The summed E-state index contributed by atoms with van der Waals surface area (Å²) < 4.78 is 0. The summed E-state index contributed by atoms with van der Waals surface area (Å²) in [5, 5.41) is 4.60. The van der Waals surface area contributed by atoms with Gasteiger partial charge in [-0.25, -0.2) is 0 Å². The van der Waals surface area contributed by atoms with Gasteiger partial charge in [0.05, 0.1) is 0 Å². The van der Waals surface area contributed by atoms with Crippen LogP contribution in [0.4, 0.5) is 0 Å². The van der Waals surface area contributed by atoms with Crippen molar-refractivity contribution in [1.82, 2.24) is 5.32 Å². The summed E-state index contributed by atoms with van der Waals surface area (Å²) in [6.45, 7) is 9.04. The van der Waals surface area contributed by atoms with E-state index >= 15 is 0 Å². The van der Waals surface area contributed by atoms with Crippen molar-refractivity contribution in [3.8, 4) is 0 Å². The van der Waals surface area contributed by atoms with Gasteiger partial charge in [0.15, 0.2) is 0 Å². The smallest absolute Gasteiger partial charge is 0.0406 e. The van der Waals surface area contributed by atoms with Gasteiger partial charge < -0.3 is 5.32 Å². The Kier molecular flexibility index (Phi) is 6.73. The Hall–Kier alpha value is -0.530. The summed E-state index contributed by atoms with van der Waals surface area (Å²) in [5.41, 5.74) is 1.34. The molecule has 0 aliphatic heterocycles. The lowest BCUT2D eigenvalue weighted by Gasteiger charge is -2.28. The van der Waals surface area contributed by atoms with E-state index < -0.39 is 0 Å². The third-order valence-corrected chi connectivity index (χ3v) is 3.69. The average molecular weight is 268 g/mol. The minimum atomic E-state index is 0.416. The third-order valence-electron chi connectivity index (χ3n) is 3.44. The fourth-order valence-corrected chi connectivity index (χ4v) is 2.48. The van der Waals surface area contributed by atoms with E-state index in [0.29, 0.717) is 18.0 Å². The molecule has 1 rings (SSSR count). The maximum Gasteiger partial charge on any atom is 0.0406 e. The van der Waals surface area contributed by atoms with Gasteiger partial charge in [0.25, 0.3) is 0 Å². The Morgan fingerprint density at radius 1 is 1.11 bits per heavy atom. The molecule has 0 aromatic heterocycles. The van der Waals surface area contributed by atoms with Crippen LogP contribution in [0.25, 0.3) is 0 Å². The molecule has 1 nitrogen and oxygen atoms in total. The number of rotatable bonds is 7. The van der Waals surface area contributed by atoms with Crippen LogP contribution in [0.2, 0.25) is 5.02 Å². The van der Waals surface area contributed by atoms with Crippen LogP contribution >= 0.6 is 11.6 Å². The number of nitrogens with one attached hydrogen (secondary N) is 1. The number of halogens is 1. The zero-order chi connectivity index (χ0) is 13.5. The second kappa shape index (κ2) is 7.81. The minimum Gasteiger partial charge on any atom is -0.307 e. The molecule has 0 aliphatic rings. The molecule has 0 spiro atoms. The Balaban J connectivity index is 2.79. The highest BCUT2D eigenvalue weighted by Crippen LogP contribution is 2.24. The normalized spacial score (nSPS) is 14.8. The fourth-order valence-electron chi connectivity index (χ4n) is 2.35. The monoisotopic (exact) mass is 267 g/mol. The molecule has 0 saturated heterocycles. The number of benzene rings is 1. The van der Waals surface area contributed by atoms with Gasteiger partial charge in [-0.3, -0.25) is 0 Å². The van der Waals surface area contributed by atoms with Gasteiger partial charge in [0.2, 0.25) is 0 Å². The summed E-state index contributed by atoms with van der Waals surface area (Å²) in [6.07, 6.45) is 3.66. The van der Waals surface area contributed by atoms with Crippen molar-refractivity contribution in [3.63, 3.8) is 0 Å². The van der Waals surface area contributed by atoms with Crippen molar-refractivity contribution in [2.75, 3.05) is 0 Å². The topological polar surface area (TPSA) is 12.0 Å². The van der Waals surface area contributed by atoms with Crippen molar-refractivity contribution in [2.45, 2.75) is 59.0 Å². The lowest BCUT2D eigenvalue weighted by atomic mass is 9.94. The lowest BCUT2D eigenvalue weighted by molar-refractivity contribution is 0.339. The van der Waals surface area contributed by atoms with Gasteiger partial charge in [0.1, 0.15) is 0 Å². The van der Waals surface area contributed by atoms with Gasteiger partial charge in [-0.1, -0.05) is 57.8 Å². The van der Waals surface area contributed by atoms with Crippen molar-refractivity contribution in [1.29, 1.82) is 0 Å². The van der Waals surface area contributed by atoms with E-state index in [4.69, 9.17) is 11.6 Å². The maximum absolute atomic E-state index is 5.96. The van der Waals surface area contributed by atoms with Gasteiger partial charge in [-0.05, 0) is 36.5 Å². The zero-order valence-electron chi connectivity index (χ0n) is 12.0. The molecule has 0 fully saturated rings. The van der Waals surface area contributed by atoms with Crippen LogP contribution in [0.15, 0.2) is 24.3 Å². The molecular formula is C16H26ClN. The standard InChI is InChI=1S/C16H26ClN/c1-5-7-15(6-2)18-16(12(3)4)13-8-10-14(17)11-9-13/h8-12,15-16,18H,5-7H2,1-4H3. The minimum absolute atomic E-state index is 0.416. The molecule has 1 aromatic carbocycles. The highest BCUT2D eigenvalue weighted by molar-refractivity contribution is 6.30. The van der Waals surface area contributed by atoms with E-state index in [-0.39, 0.29) is 0 Å². The highest BCUT2D eigenvalue weighted by atomic mass is 35.5. The summed E-state index contributed by atoms with van der Waals surface area (Å²) >= 11 is 5.96. The van der Waals surface area contributed by atoms with E-state index in [1.54, 1.807) is 0 Å². The van der Waals surface area contributed by atoms with Gasteiger partial charge in [-0.2, -0.15) is 0 Å². The lowest BCUT2D eigenvalue weighted by Crippen LogP contribution is -2.35. The molecule has 2 unspecified atom stereocenters. The van der Waals surface area contributed by atoms with E-state index in [2.05, 4.69) is 45.1 Å². The summed E-state index contributed by atoms with van der Waals surface area (Å²) in [6, 6.07) is 9.26. The molecule has 2 heteroatoms. The van der Waals surface area contributed by atoms with Crippen LogP contribution in [-0.4, -0.2) is 6.04 Å². The Morgan fingerprint density at radius 2 is 1.72 bits per heavy atom. The zero-order valence-corrected chi connectivity index (χ0v) is 12.8. The van der Waals surface area contributed by atoms with Crippen LogP contribution < -0.4 is 5.32 Å². The first-order chi connectivity index (χ1) is 8.58. The Labute approximate surface area is 117 Å². The van der Waals surface area contributed by atoms with E-state index in [0.717, 1.165) is 5.02 Å². The average Bonchev–Trinajstić information content (AvgIpc) is 2.35. The van der Waals surface area contributed by atoms with Crippen LogP contribution in [0.3, 0.4) is 0 Å². The molecule has 1 aromatic rings. The van der Waals surface area contributed by atoms with Crippen molar-refractivity contribution in [3.05, 3.63) is 34.9 Å². The van der Waals surface area contributed by atoms with Crippen LogP contribution in [-0.2, 0) is 0 Å². The summed E-state index contributed by atoms with van der Waals surface area (Å²) in [5.74, 6) is 0.581. The van der Waals surface area contributed by atoms with Crippen molar-refractivity contribution >= 4 is 11.6 Å². The molecule has 18 heavy (non-hydrogen) atoms. The fraction of sp³-hybridized carbons (Fsp3) is 0.625. The molecule has 102 valence electrons. The highest BCUT2D eigenvalue weighted by Gasteiger charge is 2.18.